The lowest BCUT2D eigenvalue weighted by atomic mass is 10.0. The van der Waals surface area contributed by atoms with Crippen molar-refractivity contribution in [1.82, 2.24) is 5.32 Å². The molecule has 1 saturated heterocycles. The van der Waals surface area contributed by atoms with Crippen molar-refractivity contribution in [3.05, 3.63) is 29.8 Å². The number of hydrogen-bond acceptors (Lipinski definition) is 4. The molecule has 1 amide bonds. The number of epoxide rings is 1. The van der Waals surface area contributed by atoms with Crippen molar-refractivity contribution in [3.63, 3.8) is 0 Å². The van der Waals surface area contributed by atoms with Gasteiger partial charge in [0, 0.05) is 6.92 Å². The van der Waals surface area contributed by atoms with Gasteiger partial charge in [0.25, 0.3) is 0 Å². The van der Waals surface area contributed by atoms with Gasteiger partial charge >= 0.3 is 0 Å². The van der Waals surface area contributed by atoms with Gasteiger partial charge in [0.05, 0.1) is 19.8 Å². The van der Waals surface area contributed by atoms with Gasteiger partial charge in [-0.15, -0.1) is 0 Å². The summed E-state index contributed by atoms with van der Waals surface area (Å²) in [6.07, 6.45) is 0.413. The largest absolute Gasteiger partial charge is 0.497 e. The minimum atomic E-state index is -0.157. The molecule has 0 unspecified atom stereocenters. The summed E-state index contributed by atoms with van der Waals surface area (Å²) in [5.41, 5.74) is 1.09. The summed E-state index contributed by atoms with van der Waals surface area (Å²) < 4.78 is 10.5. The van der Waals surface area contributed by atoms with Crippen LogP contribution >= 0.6 is 0 Å². The summed E-state index contributed by atoms with van der Waals surface area (Å²) in [5, 5.41) is 11.9. The molecule has 3 atom stereocenters. The quantitative estimate of drug-likeness (QED) is 0.735. The molecule has 0 aromatic heterocycles. The molecule has 1 aliphatic rings. The third-order valence-electron chi connectivity index (χ3n) is 3.20. The van der Waals surface area contributed by atoms with Crippen molar-refractivity contribution in [3.8, 4) is 5.75 Å². The van der Waals surface area contributed by atoms with Crippen LogP contribution in [-0.2, 0) is 16.0 Å². The first-order valence-corrected chi connectivity index (χ1v) is 6.30. The Balaban J connectivity index is 2.00. The average Bonchev–Trinajstić information content (AvgIpc) is 3.18. The van der Waals surface area contributed by atoms with Crippen molar-refractivity contribution in [2.45, 2.75) is 31.6 Å². The number of methoxy groups -OCH3 is 1. The second-order valence-corrected chi connectivity index (χ2v) is 4.68. The predicted octanol–water partition coefficient (Wildman–Crippen LogP) is 0.502. The number of rotatable bonds is 6. The molecule has 5 nitrogen and oxygen atoms in total. The number of ether oxygens (including phenoxy) is 2. The van der Waals surface area contributed by atoms with Gasteiger partial charge in [-0.1, -0.05) is 12.1 Å². The van der Waals surface area contributed by atoms with E-state index in [-0.39, 0.29) is 30.8 Å². The third-order valence-corrected chi connectivity index (χ3v) is 3.20. The summed E-state index contributed by atoms with van der Waals surface area (Å²) in [6, 6.07) is 7.59. The van der Waals surface area contributed by atoms with Gasteiger partial charge in [-0.2, -0.15) is 0 Å². The highest BCUT2D eigenvalue weighted by Gasteiger charge is 2.44. The Morgan fingerprint density at radius 3 is 2.63 bits per heavy atom. The van der Waals surface area contributed by atoms with Crippen LogP contribution in [0.2, 0.25) is 0 Å². The van der Waals surface area contributed by atoms with Gasteiger partial charge in [0.15, 0.2) is 0 Å². The topological polar surface area (TPSA) is 71.1 Å². The van der Waals surface area contributed by atoms with Crippen molar-refractivity contribution in [2.24, 2.45) is 0 Å². The molecule has 19 heavy (non-hydrogen) atoms. The number of aliphatic hydroxyl groups excluding tert-OH is 1. The Bertz CT molecular complexity index is 432. The first kappa shape index (κ1) is 13.8. The van der Waals surface area contributed by atoms with E-state index in [0.717, 1.165) is 11.3 Å². The third kappa shape index (κ3) is 3.68. The van der Waals surface area contributed by atoms with Crippen LogP contribution in [0.4, 0.5) is 0 Å². The minimum Gasteiger partial charge on any atom is -0.497 e. The highest BCUT2D eigenvalue weighted by Crippen LogP contribution is 2.27. The Morgan fingerprint density at radius 2 is 2.16 bits per heavy atom. The van der Waals surface area contributed by atoms with Gasteiger partial charge in [-0.25, -0.2) is 0 Å². The van der Waals surface area contributed by atoms with Crippen LogP contribution in [0.1, 0.15) is 12.5 Å². The Hall–Kier alpha value is -1.59. The maximum absolute atomic E-state index is 11.2. The van der Waals surface area contributed by atoms with Gasteiger partial charge in [-0.3, -0.25) is 4.79 Å². The highest BCUT2D eigenvalue weighted by atomic mass is 16.6. The SMILES string of the molecule is COc1ccc(C[C@@H](NC(C)=O)[C@H]2O[C@H]2CO)cc1. The van der Waals surface area contributed by atoms with E-state index in [9.17, 15) is 4.79 Å². The Kier molecular flexibility index (Phi) is 4.39. The smallest absolute Gasteiger partial charge is 0.217 e. The lowest BCUT2D eigenvalue weighted by Gasteiger charge is -2.16. The maximum Gasteiger partial charge on any atom is 0.217 e. The zero-order valence-corrected chi connectivity index (χ0v) is 11.1. The van der Waals surface area contributed by atoms with Gasteiger partial charge < -0.3 is 19.9 Å². The molecule has 1 fully saturated rings. The number of carbonyl (C=O) groups excluding carboxylic acids is 1. The van der Waals surface area contributed by atoms with E-state index in [1.165, 1.54) is 6.92 Å². The van der Waals surface area contributed by atoms with Gasteiger partial charge in [0.1, 0.15) is 18.0 Å². The number of aliphatic hydroxyl groups is 1. The van der Waals surface area contributed by atoms with Crippen molar-refractivity contribution < 1.29 is 19.4 Å². The van der Waals surface area contributed by atoms with Gasteiger partial charge in [0.2, 0.25) is 5.91 Å². The average molecular weight is 265 g/mol. The zero-order chi connectivity index (χ0) is 13.8. The summed E-state index contributed by atoms with van der Waals surface area (Å²) in [5.74, 6) is 0.710. The number of hydrogen-bond donors (Lipinski definition) is 2. The summed E-state index contributed by atoms with van der Waals surface area (Å²) in [4.78, 5) is 11.2. The van der Waals surface area contributed by atoms with E-state index in [4.69, 9.17) is 14.6 Å². The molecule has 1 aromatic carbocycles. The zero-order valence-electron chi connectivity index (χ0n) is 11.1. The molecule has 1 heterocycles. The summed E-state index contributed by atoms with van der Waals surface area (Å²) >= 11 is 0. The highest BCUT2D eigenvalue weighted by molar-refractivity contribution is 5.73. The molecule has 104 valence electrons. The number of nitrogens with one attached hydrogen (secondary N) is 1. The van der Waals surface area contributed by atoms with E-state index in [1.807, 2.05) is 24.3 Å². The molecule has 2 N–H and O–H groups in total. The predicted molar refractivity (Wildman–Crippen MR) is 70.0 cm³/mol. The molecule has 0 bridgehead atoms. The fraction of sp³-hybridized carbons (Fsp3) is 0.500. The maximum atomic E-state index is 11.2. The molecule has 0 radical (unpaired) electrons. The molecule has 1 aromatic rings. The van der Waals surface area contributed by atoms with Crippen LogP contribution < -0.4 is 10.1 Å². The number of carbonyl (C=O) groups is 1. The van der Waals surface area contributed by atoms with E-state index in [0.29, 0.717) is 6.42 Å². The first-order valence-electron chi connectivity index (χ1n) is 6.30. The van der Waals surface area contributed by atoms with Crippen LogP contribution in [0.15, 0.2) is 24.3 Å². The lowest BCUT2D eigenvalue weighted by Crippen LogP contribution is -2.40. The van der Waals surface area contributed by atoms with Crippen molar-refractivity contribution in [2.75, 3.05) is 13.7 Å². The summed E-state index contributed by atoms with van der Waals surface area (Å²) in [6.45, 7) is 1.47. The fourth-order valence-corrected chi connectivity index (χ4v) is 2.18. The molecule has 0 saturated carbocycles. The van der Waals surface area contributed by atoms with Crippen LogP contribution in [0.3, 0.4) is 0 Å². The summed E-state index contributed by atoms with van der Waals surface area (Å²) in [7, 11) is 1.62. The van der Waals surface area contributed by atoms with Crippen LogP contribution in [0.25, 0.3) is 0 Å². The van der Waals surface area contributed by atoms with Gasteiger partial charge in [-0.05, 0) is 24.1 Å². The number of benzene rings is 1. The molecule has 5 heteroatoms. The molecule has 1 aliphatic heterocycles. The normalized spacial score (nSPS) is 22.7. The second-order valence-electron chi connectivity index (χ2n) is 4.68. The van der Waals surface area contributed by atoms with E-state index in [1.54, 1.807) is 7.11 Å². The van der Waals surface area contributed by atoms with E-state index >= 15 is 0 Å². The van der Waals surface area contributed by atoms with Crippen LogP contribution in [-0.4, -0.2) is 43.0 Å². The molecule has 2 rings (SSSR count). The van der Waals surface area contributed by atoms with Crippen LogP contribution in [0, 0.1) is 0 Å². The monoisotopic (exact) mass is 265 g/mol. The Labute approximate surface area is 112 Å². The first-order chi connectivity index (χ1) is 9.13. The molecule has 0 spiro atoms. The minimum absolute atomic E-state index is 0.0106. The molecule has 0 aliphatic carbocycles. The Morgan fingerprint density at radius 1 is 1.47 bits per heavy atom. The van der Waals surface area contributed by atoms with Crippen LogP contribution in [0.5, 0.6) is 5.75 Å². The van der Waals surface area contributed by atoms with E-state index in [2.05, 4.69) is 5.32 Å². The lowest BCUT2D eigenvalue weighted by molar-refractivity contribution is -0.119. The number of amides is 1. The van der Waals surface area contributed by atoms with Crippen molar-refractivity contribution >= 4 is 5.91 Å². The van der Waals surface area contributed by atoms with Crippen molar-refractivity contribution in [1.29, 1.82) is 0 Å². The fourth-order valence-electron chi connectivity index (χ4n) is 2.18. The standard InChI is InChI=1S/C14H19NO4/c1-9(17)15-12(14-13(8-16)19-14)7-10-3-5-11(18-2)6-4-10/h3-6,12-14,16H,7-8H2,1-2H3,(H,15,17)/t12-,13+,14-/m1/s1. The van der Waals surface area contributed by atoms with E-state index < -0.39 is 0 Å². The molecular weight excluding hydrogens is 246 g/mol. The second kappa shape index (κ2) is 6.04. The molecular formula is C14H19NO4.